The summed E-state index contributed by atoms with van der Waals surface area (Å²) in [5, 5.41) is 0. The third-order valence-corrected chi connectivity index (χ3v) is 1.46. The topological polar surface area (TPSA) is 9.23 Å². The Morgan fingerprint density at radius 3 is 1.00 bits per heavy atom. The molecule has 0 aromatic carbocycles. The summed E-state index contributed by atoms with van der Waals surface area (Å²) in [5.74, 6) is 0. The predicted molar refractivity (Wildman–Crippen MR) is 32.2 cm³/mol. The van der Waals surface area contributed by atoms with Gasteiger partial charge in [0.1, 0.15) is 0 Å². The van der Waals surface area contributed by atoms with Gasteiger partial charge in [-0.2, -0.15) is 39.5 Å². The molecule has 0 aliphatic rings. The predicted octanol–water partition coefficient (Wildman–Crippen LogP) is 3.57. The Morgan fingerprint density at radius 1 is 0.688 bits per heavy atom. The summed E-state index contributed by atoms with van der Waals surface area (Å²) in [7, 11) is 0. The van der Waals surface area contributed by atoms with Gasteiger partial charge in [-0.3, -0.25) is 0 Å². The van der Waals surface area contributed by atoms with Gasteiger partial charge in [-0.25, -0.2) is 0 Å². The van der Waals surface area contributed by atoms with Gasteiger partial charge in [0.25, 0.3) is 0 Å². The van der Waals surface area contributed by atoms with Crippen molar-refractivity contribution in [1.29, 1.82) is 0 Å². The van der Waals surface area contributed by atoms with Gasteiger partial charge in [-0.05, 0) is 0 Å². The molecule has 0 heterocycles. The van der Waals surface area contributed by atoms with Crippen LogP contribution >= 0.6 is 0 Å². The molecular formula is C6H3F9O. The van der Waals surface area contributed by atoms with E-state index in [0.717, 1.165) is 0 Å². The highest BCUT2D eigenvalue weighted by molar-refractivity contribution is 5.03. The molecule has 16 heavy (non-hydrogen) atoms. The van der Waals surface area contributed by atoms with Gasteiger partial charge in [-0.1, -0.05) is 6.58 Å². The van der Waals surface area contributed by atoms with Crippen molar-refractivity contribution in [3.63, 3.8) is 0 Å². The summed E-state index contributed by atoms with van der Waals surface area (Å²) in [4.78, 5) is 0. The second-order valence-electron chi connectivity index (χ2n) is 2.46. The summed E-state index contributed by atoms with van der Waals surface area (Å²) in [6, 6.07) is 0. The van der Waals surface area contributed by atoms with Gasteiger partial charge < -0.3 is 4.74 Å². The van der Waals surface area contributed by atoms with Crippen molar-refractivity contribution in [2.24, 2.45) is 0 Å². The van der Waals surface area contributed by atoms with Gasteiger partial charge >= 0.3 is 24.1 Å². The van der Waals surface area contributed by atoms with Gasteiger partial charge in [0.15, 0.2) is 0 Å². The fourth-order valence-electron chi connectivity index (χ4n) is 0.808. The lowest BCUT2D eigenvalue weighted by Gasteiger charge is -2.36. The van der Waals surface area contributed by atoms with Crippen LogP contribution in [0.4, 0.5) is 39.5 Å². The van der Waals surface area contributed by atoms with Crippen LogP contribution < -0.4 is 0 Å². The van der Waals surface area contributed by atoms with E-state index < -0.39 is 30.4 Å². The van der Waals surface area contributed by atoms with Crippen molar-refractivity contribution in [2.45, 2.75) is 24.1 Å². The molecule has 0 fully saturated rings. The first-order valence-corrected chi connectivity index (χ1v) is 3.30. The molecule has 0 radical (unpaired) electrons. The molecule has 0 aliphatic heterocycles. The first kappa shape index (κ1) is 14.9. The maximum atomic E-state index is 11.9. The van der Waals surface area contributed by atoms with Gasteiger partial charge in [0, 0.05) is 0 Å². The minimum absolute atomic E-state index is 0.561. The summed E-state index contributed by atoms with van der Waals surface area (Å²) in [6.45, 7) is 2.26. The van der Waals surface area contributed by atoms with Gasteiger partial charge in [0.2, 0.25) is 0 Å². The number of hydrogen-bond acceptors (Lipinski definition) is 1. The first-order chi connectivity index (χ1) is 6.81. The van der Waals surface area contributed by atoms with E-state index in [4.69, 9.17) is 0 Å². The fraction of sp³-hybridized carbons (Fsp3) is 0.667. The molecular weight excluding hydrogens is 259 g/mol. The highest BCUT2D eigenvalue weighted by Gasteiger charge is 2.86. The fourth-order valence-corrected chi connectivity index (χ4v) is 0.808. The highest BCUT2D eigenvalue weighted by Crippen LogP contribution is 2.54. The lowest BCUT2D eigenvalue weighted by atomic mass is 10.0. The lowest BCUT2D eigenvalue weighted by Crippen LogP contribution is -2.67. The average Bonchev–Trinajstić information content (AvgIpc) is 1.91. The molecule has 1 nitrogen and oxygen atoms in total. The first-order valence-electron chi connectivity index (χ1n) is 3.30. The van der Waals surface area contributed by atoms with E-state index in [2.05, 4.69) is 11.3 Å². The number of ether oxygens (including phenoxy) is 1. The van der Waals surface area contributed by atoms with Crippen molar-refractivity contribution in [2.75, 3.05) is 0 Å². The molecule has 0 unspecified atom stereocenters. The molecule has 0 amide bonds. The zero-order chi connectivity index (χ0) is 13.4. The quantitative estimate of drug-likeness (QED) is 0.546. The minimum Gasteiger partial charge on any atom is -0.471 e. The van der Waals surface area contributed by atoms with E-state index in [0.29, 0.717) is 0 Å². The summed E-state index contributed by atoms with van der Waals surface area (Å²) < 4.78 is 110. The molecule has 0 saturated carbocycles. The zero-order valence-corrected chi connectivity index (χ0v) is 7.09. The maximum Gasteiger partial charge on any atom is 0.447 e. The van der Waals surface area contributed by atoms with Crippen molar-refractivity contribution in [1.82, 2.24) is 0 Å². The minimum atomic E-state index is -6.71. The van der Waals surface area contributed by atoms with E-state index in [1.54, 1.807) is 0 Å². The van der Waals surface area contributed by atoms with Crippen molar-refractivity contribution in [3.8, 4) is 0 Å². The average molecular weight is 262 g/mol. The molecule has 0 aliphatic carbocycles. The lowest BCUT2D eigenvalue weighted by molar-refractivity contribution is -0.446. The second-order valence-corrected chi connectivity index (χ2v) is 2.46. The van der Waals surface area contributed by atoms with Crippen molar-refractivity contribution in [3.05, 3.63) is 12.8 Å². The van der Waals surface area contributed by atoms with Crippen LogP contribution in [0.5, 0.6) is 0 Å². The van der Waals surface area contributed by atoms with Crippen LogP contribution in [-0.2, 0) is 4.74 Å². The van der Waals surface area contributed by atoms with Crippen LogP contribution in [0.3, 0.4) is 0 Å². The summed E-state index contributed by atoms with van der Waals surface area (Å²) in [6.07, 6.45) is -20.7. The van der Waals surface area contributed by atoms with Crippen LogP contribution in [0.2, 0.25) is 0 Å². The van der Waals surface area contributed by atoms with Gasteiger partial charge in [0.05, 0.1) is 6.26 Å². The Bertz CT molecular complexity index is 221. The molecule has 0 bridgehead atoms. The molecule has 0 atom stereocenters. The molecule has 96 valence electrons. The monoisotopic (exact) mass is 262 g/mol. The Labute approximate surface area is 82.5 Å². The van der Waals surface area contributed by atoms with E-state index in [1.165, 1.54) is 0 Å². The van der Waals surface area contributed by atoms with E-state index in [9.17, 15) is 39.5 Å². The Kier molecular flexibility index (Phi) is 3.48. The Balaban J connectivity index is 5.92. The van der Waals surface area contributed by atoms with E-state index in [-0.39, 0.29) is 0 Å². The van der Waals surface area contributed by atoms with Gasteiger partial charge in [-0.15, -0.1) is 0 Å². The van der Waals surface area contributed by atoms with E-state index in [1.807, 2.05) is 0 Å². The normalized spacial score (nSPS) is 14.8. The van der Waals surface area contributed by atoms with Crippen LogP contribution in [0, 0.1) is 0 Å². The smallest absolute Gasteiger partial charge is 0.447 e. The van der Waals surface area contributed by atoms with Crippen molar-refractivity contribution < 1.29 is 44.3 Å². The number of rotatable bonds is 2. The third kappa shape index (κ3) is 2.05. The zero-order valence-electron chi connectivity index (χ0n) is 7.09. The van der Waals surface area contributed by atoms with Crippen molar-refractivity contribution >= 4 is 0 Å². The van der Waals surface area contributed by atoms with Crippen LogP contribution in [0.25, 0.3) is 0 Å². The number of alkyl halides is 9. The molecule has 0 aromatic heterocycles. The number of halogens is 9. The van der Waals surface area contributed by atoms with E-state index >= 15 is 0 Å². The molecule has 10 heteroatoms. The largest absolute Gasteiger partial charge is 0.471 e. The molecule has 0 saturated heterocycles. The second kappa shape index (κ2) is 3.74. The maximum absolute atomic E-state index is 11.9. The Hall–Kier alpha value is -1.09. The van der Waals surface area contributed by atoms with Crippen LogP contribution in [0.1, 0.15) is 0 Å². The molecule has 0 aromatic rings. The van der Waals surface area contributed by atoms with Crippen LogP contribution in [0.15, 0.2) is 12.8 Å². The highest BCUT2D eigenvalue weighted by atomic mass is 19.4. The standard InChI is InChI=1S/C6H3F9O/c1-2-16-3(4(7,8)9,5(10,11)12)6(13,14)15/h2H,1H2. The number of hydrogen-bond donors (Lipinski definition) is 0. The molecule has 0 rings (SSSR count). The molecule has 0 N–H and O–H groups in total. The van der Waals surface area contributed by atoms with Crippen LogP contribution in [-0.4, -0.2) is 24.1 Å². The third-order valence-electron chi connectivity index (χ3n) is 1.46. The summed E-state index contributed by atoms with van der Waals surface area (Å²) in [5.41, 5.74) is -6.26. The SMILES string of the molecule is C=COC(C(F)(F)F)(C(F)(F)F)C(F)(F)F. The Morgan fingerprint density at radius 2 is 0.938 bits per heavy atom. The molecule has 0 spiro atoms. The summed E-state index contributed by atoms with van der Waals surface area (Å²) >= 11 is 0.